The van der Waals surface area contributed by atoms with Gasteiger partial charge in [0.25, 0.3) is 0 Å². The second-order valence-corrected chi connectivity index (χ2v) is 7.99. The Bertz CT molecular complexity index is 1210. The first-order valence-corrected chi connectivity index (χ1v) is 11.5. The third-order valence-corrected chi connectivity index (χ3v) is 5.93. The third kappa shape index (κ3) is 5.02. The van der Waals surface area contributed by atoms with Crippen molar-refractivity contribution in [1.29, 1.82) is 0 Å². The van der Waals surface area contributed by atoms with Crippen molar-refractivity contribution in [3.63, 3.8) is 0 Å². The van der Waals surface area contributed by atoms with E-state index in [1.54, 1.807) is 39.3 Å². The largest absolute Gasteiger partial charge is 0.493 e. The maximum absolute atomic E-state index is 5.76. The Labute approximate surface area is 201 Å². The van der Waals surface area contributed by atoms with Gasteiger partial charge in [-0.05, 0) is 30.3 Å². The zero-order valence-corrected chi connectivity index (χ0v) is 20.4. The van der Waals surface area contributed by atoms with Gasteiger partial charge < -0.3 is 28.4 Å². The molecule has 0 saturated heterocycles. The van der Waals surface area contributed by atoms with Crippen molar-refractivity contribution < 1.29 is 28.4 Å². The number of hydrogen-bond acceptors (Lipinski definition) is 9. The molecule has 0 radical (unpaired) electrons. The summed E-state index contributed by atoms with van der Waals surface area (Å²) in [6, 6.07) is 9.53. The van der Waals surface area contributed by atoms with Gasteiger partial charge in [-0.2, -0.15) is 5.10 Å². The fourth-order valence-electron chi connectivity index (χ4n) is 3.45. The van der Waals surface area contributed by atoms with Gasteiger partial charge in [-0.15, -0.1) is 11.3 Å². The average Bonchev–Trinajstić information content (AvgIpc) is 3.29. The molecule has 9 nitrogen and oxygen atoms in total. The van der Waals surface area contributed by atoms with E-state index >= 15 is 0 Å². The lowest BCUT2D eigenvalue weighted by atomic mass is 10.1. The smallest absolute Gasteiger partial charge is 0.206 e. The summed E-state index contributed by atoms with van der Waals surface area (Å²) in [4.78, 5) is 5.40. The minimum Gasteiger partial charge on any atom is -0.493 e. The number of methoxy groups -OCH3 is 4. The topological polar surface area (TPSA) is 85.0 Å². The second-order valence-electron chi connectivity index (χ2n) is 7.15. The maximum Gasteiger partial charge on any atom is 0.206 e. The highest BCUT2D eigenvalue weighted by atomic mass is 32.1. The van der Waals surface area contributed by atoms with Gasteiger partial charge in [0.05, 0.1) is 46.4 Å². The van der Waals surface area contributed by atoms with E-state index < -0.39 is 0 Å². The summed E-state index contributed by atoms with van der Waals surface area (Å²) in [5.41, 5.74) is 2.60. The van der Waals surface area contributed by atoms with Crippen LogP contribution in [-0.4, -0.2) is 65.7 Å². The van der Waals surface area contributed by atoms with Crippen molar-refractivity contribution in [1.82, 2.24) is 4.68 Å². The van der Waals surface area contributed by atoms with Crippen LogP contribution in [0.3, 0.4) is 0 Å². The monoisotopic (exact) mass is 485 g/mol. The first-order chi connectivity index (χ1) is 16.7. The number of thiazole rings is 1. The Morgan fingerprint density at radius 2 is 1.71 bits per heavy atom. The lowest BCUT2D eigenvalue weighted by Crippen LogP contribution is -2.16. The summed E-state index contributed by atoms with van der Waals surface area (Å²) >= 11 is 1.50. The summed E-state index contributed by atoms with van der Waals surface area (Å²) in [5.74, 6) is 3.08. The standard InChI is InChI=1S/C24H27N3O6S/c1-28-8-7-25-24-27(26-14-16-11-21(29-2)23(31-4)22(12-16)30-3)18(15-34-24)17-5-6-19-20(13-17)33-10-9-32-19/h5-6,11-15H,7-10H2,1-4H3/b25-24?,26-14-. The number of fused-ring (bicyclic) bond motifs is 1. The lowest BCUT2D eigenvalue weighted by Gasteiger charge is -2.18. The summed E-state index contributed by atoms with van der Waals surface area (Å²) in [6.45, 7) is 2.12. The van der Waals surface area contributed by atoms with E-state index in [4.69, 9.17) is 33.5 Å². The second kappa shape index (κ2) is 11.1. The summed E-state index contributed by atoms with van der Waals surface area (Å²) < 4.78 is 34.7. The zero-order chi connectivity index (χ0) is 23.9. The van der Waals surface area contributed by atoms with Crippen molar-refractivity contribution in [3.8, 4) is 40.0 Å². The molecule has 2 heterocycles. The van der Waals surface area contributed by atoms with Crippen LogP contribution < -0.4 is 28.5 Å². The first-order valence-electron chi connectivity index (χ1n) is 10.6. The fraction of sp³-hybridized carbons (Fsp3) is 0.333. The van der Waals surface area contributed by atoms with E-state index in [1.165, 1.54) is 11.3 Å². The third-order valence-electron chi connectivity index (χ3n) is 5.08. The summed E-state index contributed by atoms with van der Waals surface area (Å²) in [5, 5.41) is 6.77. The van der Waals surface area contributed by atoms with Crippen LogP contribution in [-0.2, 0) is 4.74 Å². The van der Waals surface area contributed by atoms with Crippen molar-refractivity contribution in [2.75, 3.05) is 54.8 Å². The molecule has 2 aromatic carbocycles. The molecule has 0 saturated carbocycles. The van der Waals surface area contributed by atoms with Crippen LogP contribution in [0.25, 0.3) is 11.3 Å². The average molecular weight is 486 g/mol. The van der Waals surface area contributed by atoms with Crippen LogP contribution in [0.1, 0.15) is 5.56 Å². The van der Waals surface area contributed by atoms with Gasteiger partial charge in [0.1, 0.15) is 13.2 Å². The van der Waals surface area contributed by atoms with Gasteiger partial charge in [0.15, 0.2) is 23.0 Å². The Morgan fingerprint density at radius 1 is 0.971 bits per heavy atom. The van der Waals surface area contributed by atoms with E-state index in [1.807, 2.05) is 35.7 Å². The number of aromatic nitrogens is 1. The molecule has 0 N–H and O–H groups in total. The summed E-state index contributed by atoms with van der Waals surface area (Å²) in [7, 11) is 6.39. The van der Waals surface area contributed by atoms with Crippen LogP contribution in [0.15, 0.2) is 45.8 Å². The van der Waals surface area contributed by atoms with E-state index in [-0.39, 0.29) is 0 Å². The molecule has 0 amide bonds. The molecular weight excluding hydrogens is 458 g/mol. The van der Waals surface area contributed by atoms with Gasteiger partial charge in [-0.25, -0.2) is 4.68 Å². The Morgan fingerprint density at radius 3 is 2.38 bits per heavy atom. The van der Waals surface area contributed by atoms with Gasteiger partial charge >= 0.3 is 0 Å². The predicted octanol–water partition coefficient (Wildman–Crippen LogP) is 3.44. The van der Waals surface area contributed by atoms with Gasteiger partial charge in [0.2, 0.25) is 10.6 Å². The minimum absolute atomic E-state index is 0.522. The molecule has 0 unspecified atom stereocenters. The Hall–Kier alpha value is -3.50. The molecule has 3 aromatic rings. The molecule has 10 heteroatoms. The molecular formula is C24H27N3O6S. The molecule has 0 aliphatic carbocycles. The van der Waals surface area contributed by atoms with Crippen molar-refractivity contribution in [2.45, 2.75) is 0 Å². The lowest BCUT2D eigenvalue weighted by molar-refractivity contribution is 0.171. The molecule has 0 atom stereocenters. The molecule has 1 aromatic heterocycles. The van der Waals surface area contributed by atoms with Crippen molar-refractivity contribution >= 4 is 17.6 Å². The Kier molecular flexibility index (Phi) is 7.71. The van der Waals surface area contributed by atoms with Crippen LogP contribution in [0, 0.1) is 0 Å². The minimum atomic E-state index is 0.522. The van der Waals surface area contributed by atoms with Gasteiger partial charge in [-0.1, -0.05) is 0 Å². The SMILES string of the molecule is COCCN=c1scc(-c2ccc3c(c2)OCCO3)n1/N=C\c1cc(OC)c(OC)c(OC)c1. The molecule has 0 bridgehead atoms. The molecule has 1 aliphatic heterocycles. The van der Waals surface area contributed by atoms with E-state index in [0.29, 0.717) is 49.4 Å². The number of rotatable bonds is 9. The first kappa shape index (κ1) is 23.7. The van der Waals surface area contributed by atoms with Gasteiger partial charge in [0, 0.05) is 23.6 Å². The highest BCUT2D eigenvalue weighted by Crippen LogP contribution is 2.38. The highest BCUT2D eigenvalue weighted by molar-refractivity contribution is 7.07. The van der Waals surface area contributed by atoms with Gasteiger partial charge in [-0.3, -0.25) is 4.99 Å². The van der Waals surface area contributed by atoms with Crippen molar-refractivity contribution in [3.05, 3.63) is 46.1 Å². The van der Waals surface area contributed by atoms with E-state index in [2.05, 4.69) is 4.99 Å². The maximum atomic E-state index is 5.76. The normalized spacial score (nSPS) is 13.4. The molecule has 0 fully saturated rings. The van der Waals surface area contributed by atoms with Crippen LogP contribution in [0.2, 0.25) is 0 Å². The molecule has 180 valence electrons. The fourth-order valence-corrected chi connectivity index (χ4v) is 4.32. The number of nitrogens with zero attached hydrogens (tertiary/aromatic N) is 3. The summed E-state index contributed by atoms with van der Waals surface area (Å²) in [6.07, 6.45) is 1.73. The van der Waals surface area contributed by atoms with Crippen LogP contribution >= 0.6 is 11.3 Å². The molecule has 4 rings (SSSR count). The quantitative estimate of drug-likeness (QED) is 0.341. The molecule has 1 aliphatic rings. The van der Waals surface area contributed by atoms with E-state index in [9.17, 15) is 0 Å². The predicted molar refractivity (Wildman–Crippen MR) is 130 cm³/mol. The van der Waals surface area contributed by atoms with Crippen molar-refractivity contribution in [2.24, 2.45) is 10.1 Å². The molecule has 34 heavy (non-hydrogen) atoms. The highest BCUT2D eigenvalue weighted by Gasteiger charge is 2.16. The number of hydrogen-bond donors (Lipinski definition) is 0. The Balaban J connectivity index is 1.77. The number of benzene rings is 2. The van der Waals surface area contributed by atoms with E-state index in [0.717, 1.165) is 27.4 Å². The zero-order valence-electron chi connectivity index (χ0n) is 19.6. The molecule has 0 spiro atoms. The van der Waals surface area contributed by atoms with Crippen LogP contribution in [0.5, 0.6) is 28.7 Å². The van der Waals surface area contributed by atoms with Crippen LogP contribution in [0.4, 0.5) is 0 Å². The number of ether oxygens (including phenoxy) is 6.